The lowest BCUT2D eigenvalue weighted by Crippen LogP contribution is -2.38. The number of nitrogens with zero attached hydrogens (tertiary/aromatic N) is 1. The Morgan fingerprint density at radius 3 is 2.43 bits per heavy atom. The van der Waals surface area contributed by atoms with Gasteiger partial charge in [0.05, 0.1) is 15.6 Å². The van der Waals surface area contributed by atoms with E-state index in [9.17, 15) is 13.2 Å². The quantitative estimate of drug-likeness (QED) is 0.623. The van der Waals surface area contributed by atoms with Crippen molar-refractivity contribution in [3.8, 4) is 11.5 Å². The summed E-state index contributed by atoms with van der Waals surface area (Å²) < 4.78 is 38.1. The van der Waals surface area contributed by atoms with Crippen LogP contribution in [-0.4, -0.2) is 27.7 Å². The average Bonchev–Trinajstić information content (AvgIpc) is 3.21. The summed E-state index contributed by atoms with van der Waals surface area (Å²) in [5, 5.41) is 2.91. The van der Waals surface area contributed by atoms with Crippen LogP contribution in [0.15, 0.2) is 77.7 Å². The van der Waals surface area contributed by atoms with Crippen LogP contribution in [0.2, 0.25) is 5.02 Å². The topological polar surface area (TPSA) is 84.9 Å². The summed E-state index contributed by atoms with van der Waals surface area (Å²) in [5.41, 5.74) is 0.671. The van der Waals surface area contributed by atoms with Gasteiger partial charge in [-0.05, 0) is 36.4 Å². The molecule has 0 unspecified atom stereocenters. The molecule has 9 heteroatoms. The van der Waals surface area contributed by atoms with Gasteiger partial charge in [-0.25, -0.2) is 8.42 Å². The molecule has 0 aliphatic carbocycles. The van der Waals surface area contributed by atoms with E-state index in [0.717, 1.165) is 4.31 Å². The Labute approximate surface area is 178 Å². The molecule has 7 nitrogen and oxygen atoms in total. The molecule has 30 heavy (non-hydrogen) atoms. The SMILES string of the molecule is O=C(CN(c1ccccc1Cl)S(=O)(=O)c1ccccc1)Nc1ccc2c(c1)OCO2. The monoisotopic (exact) mass is 444 g/mol. The highest BCUT2D eigenvalue weighted by Gasteiger charge is 2.28. The molecule has 0 saturated heterocycles. The van der Waals surface area contributed by atoms with E-state index in [1.54, 1.807) is 60.7 Å². The molecule has 0 saturated carbocycles. The summed E-state index contributed by atoms with van der Waals surface area (Å²) in [6, 6.07) is 19.3. The fraction of sp³-hybridized carbons (Fsp3) is 0.0952. The second-order valence-electron chi connectivity index (χ2n) is 6.39. The summed E-state index contributed by atoms with van der Waals surface area (Å²) in [6.07, 6.45) is 0. The van der Waals surface area contributed by atoms with E-state index in [0.29, 0.717) is 17.2 Å². The third kappa shape index (κ3) is 4.05. The number of benzene rings is 3. The second-order valence-corrected chi connectivity index (χ2v) is 8.66. The minimum Gasteiger partial charge on any atom is -0.454 e. The number of rotatable bonds is 6. The van der Waals surface area contributed by atoms with Gasteiger partial charge in [-0.1, -0.05) is 41.9 Å². The number of para-hydroxylation sites is 1. The molecule has 0 bridgehead atoms. The van der Waals surface area contributed by atoms with Crippen LogP contribution in [0.3, 0.4) is 0 Å². The number of halogens is 1. The molecule has 3 aromatic rings. The largest absolute Gasteiger partial charge is 0.454 e. The zero-order valence-electron chi connectivity index (χ0n) is 15.6. The van der Waals surface area contributed by atoms with Gasteiger partial charge < -0.3 is 14.8 Å². The number of nitrogens with one attached hydrogen (secondary N) is 1. The van der Waals surface area contributed by atoms with Crippen molar-refractivity contribution in [3.63, 3.8) is 0 Å². The summed E-state index contributed by atoms with van der Waals surface area (Å²) in [4.78, 5) is 12.8. The summed E-state index contributed by atoms with van der Waals surface area (Å²) in [6.45, 7) is -0.349. The maximum atomic E-state index is 13.3. The first kappa shape index (κ1) is 20.1. The fourth-order valence-corrected chi connectivity index (χ4v) is 4.73. The Morgan fingerprint density at radius 1 is 0.967 bits per heavy atom. The lowest BCUT2D eigenvalue weighted by molar-refractivity contribution is -0.114. The Kier molecular flexibility index (Phi) is 5.52. The van der Waals surface area contributed by atoms with Crippen LogP contribution in [0, 0.1) is 0 Å². The molecule has 154 valence electrons. The van der Waals surface area contributed by atoms with Crippen molar-refractivity contribution in [1.29, 1.82) is 0 Å². The standard InChI is InChI=1S/C21H17ClN2O5S/c22-17-8-4-5-9-18(17)24(30(26,27)16-6-2-1-3-7-16)13-21(25)23-15-10-11-19-20(12-15)29-14-28-19/h1-12H,13-14H2,(H,23,25). The van der Waals surface area contributed by atoms with Crippen molar-refractivity contribution >= 4 is 38.9 Å². The van der Waals surface area contributed by atoms with Gasteiger partial charge in [0, 0.05) is 11.8 Å². The Morgan fingerprint density at radius 2 is 1.67 bits per heavy atom. The molecule has 4 rings (SSSR count). The predicted molar refractivity (Wildman–Crippen MR) is 114 cm³/mol. The minimum absolute atomic E-state index is 0.0563. The molecule has 1 aliphatic rings. The predicted octanol–water partition coefficient (Wildman–Crippen LogP) is 3.90. The maximum Gasteiger partial charge on any atom is 0.264 e. The number of sulfonamides is 1. The second kappa shape index (κ2) is 8.25. The van der Waals surface area contributed by atoms with Crippen LogP contribution in [0.4, 0.5) is 11.4 Å². The van der Waals surface area contributed by atoms with E-state index in [-0.39, 0.29) is 22.4 Å². The van der Waals surface area contributed by atoms with E-state index in [4.69, 9.17) is 21.1 Å². The van der Waals surface area contributed by atoms with Gasteiger partial charge in [0.2, 0.25) is 12.7 Å². The van der Waals surface area contributed by atoms with Crippen LogP contribution in [0.25, 0.3) is 0 Å². The molecule has 1 amide bonds. The number of fused-ring (bicyclic) bond motifs is 1. The van der Waals surface area contributed by atoms with Crippen LogP contribution < -0.4 is 19.1 Å². The van der Waals surface area contributed by atoms with Gasteiger partial charge in [0.1, 0.15) is 6.54 Å². The molecule has 0 aromatic heterocycles. The molecule has 1 N–H and O–H groups in total. The van der Waals surface area contributed by atoms with Crippen molar-refractivity contribution in [3.05, 3.63) is 77.8 Å². The molecule has 1 heterocycles. The van der Waals surface area contributed by atoms with Gasteiger partial charge in [0.15, 0.2) is 11.5 Å². The Balaban J connectivity index is 1.63. The van der Waals surface area contributed by atoms with E-state index < -0.39 is 22.5 Å². The lowest BCUT2D eigenvalue weighted by Gasteiger charge is -2.25. The zero-order valence-corrected chi connectivity index (χ0v) is 17.2. The molecule has 0 fully saturated rings. The highest BCUT2D eigenvalue weighted by atomic mass is 35.5. The lowest BCUT2D eigenvalue weighted by atomic mass is 10.2. The van der Waals surface area contributed by atoms with Crippen molar-refractivity contribution in [2.45, 2.75) is 4.90 Å². The number of amides is 1. The van der Waals surface area contributed by atoms with Crippen molar-refractivity contribution < 1.29 is 22.7 Å². The van der Waals surface area contributed by atoms with Crippen LogP contribution in [0.1, 0.15) is 0 Å². The molecular weight excluding hydrogens is 428 g/mol. The molecule has 0 radical (unpaired) electrons. The number of hydrogen-bond acceptors (Lipinski definition) is 5. The third-order valence-corrected chi connectivity index (χ3v) is 6.49. The zero-order chi connectivity index (χ0) is 21.1. The number of ether oxygens (including phenoxy) is 2. The number of carbonyl (C=O) groups excluding carboxylic acids is 1. The summed E-state index contributed by atoms with van der Waals surface area (Å²) in [5.74, 6) is 0.554. The summed E-state index contributed by atoms with van der Waals surface area (Å²) in [7, 11) is -4.03. The van der Waals surface area contributed by atoms with Gasteiger partial charge >= 0.3 is 0 Å². The molecular formula is C21H17ClN2O5S. The smallest absolute Gasteiger partial charge is 0.264 e. The van der Waals surface area contributed by atoms with Crippen molar-refractivity contribution in [2.75, 3.05) is 23.0 Å². The van der Waals surface area contributed by atoms with Crippen LogP contribution in [-0.2, 0) is 14.8 Å². The first-order valence-electron chi connectivity index (χ1n) is 8.97. The Bertz CT molecular complexity index is 1190. The molecule has 3 aromatic carbocycles. The van der Waals surface area contributed by atoms with E-state index in [1.165, 1.54) is 12.1 Å². The minimum atomic E-state index is -4.03. The Hall–Kier alpha value is -3.23. The summed E-state index contributed by atoms with van der Waals surface area (Å²) >= 11 is 6.25. The highest BCUT2D eigenvalue weighted by Crippen LogP contribution is 2.34. The van der Waals surface area contributed by atoms with Gasteiger partial charge in [0.25, 0.3) is 10.0 Å². The molecule has 0 spiro atoms. The first-order chi connectivity index (χ1) is 14.4. The van der Waals surface area contributed by atoms with Gasteiger partial charge in [-0.15, -0.1) is 0 Å². The fourth-order valence-electron chi connectivity index (χ4n) is 2.98. The van der Waals surface area contributed by atoms with E-state index >= 15 is 0 Å². The van der Waals surface area contributed by atoms with E-state index in [2.05, 4.69) is 5.32 Å². The van der Waals surface area contributed by atoms with Gasteiger partial charge in [-0.3, -0.25) is 9.10 Å². The average molecular weight is 445 g/mol. The normalized spacial score (nSPS) is 12.4. The van der Waals surface area contributed by atoms with Crippen molar-refractivity contribution in [1.82, 2.24) is 0 Å². The van der Waals surface area contributed by atoms with E-state index in [1.807, 2.05) is 0 Å². The number of hydrogen-bond donors (Lipinski definition) is 1. The third-order valence-electron chi connectivity index (χ3n) is 4.40. The van der Waals surface area contributed by atoms with Crippen LogP contribution in [0.5, 0.6) is 11.5 Å². The van der Waals surface area contributed by atoms with Crippen LogP contribution >= 0.6 is 11.6 Å². The number of carbonyl (C=O) groups is 1. The highest BCUT2D eigenvalue weighted by molar-refractivity contribution is 7.92. The molecule has 0 atom stereocenters. The number of anilines is 2. The first-order valence-corrected chi connectivity index (χ1v) is 10.8. The van der Waals surface area contributed by atoms with Gasteiger partial charge in [-0.2, -0.15) is 0 Å². The maximum absolute atomic E-state index is 13.3. The molecule has 1 aliphatic heterocycles. The van der Waals surface area contributed by atoms with Crippen molar-refractivity contribution in [2.24, 2.45) is 0 Å².